The number of amides is 2. The minimum absolute atomic E-state index is 0.0330. The molecule has 3 atom stereocenters. The summed E-state index contributed by atoms with van der Waals surface area (Å²) in [5, 5.41) is 21.8. The van der Waals surface area contributed by atoms with Crippen LogP contribution >= 0.6 is 11.8 Å². The van der Waals surface area contributed by atoms with E-state index in [-0.39, 0.29) is 37.6 Å². The molecule has 6 aromatic rings. The van der Waals surface area contributed by atoms with E-state index in [1.54, 1.807) is 5.48 Å². The highest BCUT2D eigenvalue weighted by molar-refractivity contribution is 7.99. The van der Waals surface area contributed by atoms with Crippen molar-refractivity contribution in [1.29, 1.82) is 0 Å². The van der Waals surface area contributed by atoms with Crippen molar-refractivity contribution in [2.45, 2.75) is 62.6 Å². The molecule has 2 amide bonds. The van der Waals surface area contributed by atoms with Crippen molar-refractivity contribution in [3.8, 4) is 33.7 Å². The van der Waals surface area contributed by atoms with Gasteiger partial charge in [-0.3, -0.25) is 14.8 Å². The smallest absolute Gasteiger partial charge is 0.256 e. The first-order valence-corrected chi connectivity index (χ1v) is 19.6. The van der Waals surface area contributed by atoms with Crippen LogP contribution in [0.5, 0.6) is 0 Å². The molecular formula is C45H43N3O7S. The Labute approximate surface area is 329 Å². The molecule has 11 heteroatoms. The number of hydrogen-bond donors (Lipinski definition) is 4. The third kappa shape index (κ3) is 9.99. The number of nitrogens with one attached hydrogen (secondary N) is 2. The molecule has 1 saturated heterocycles. The van der Waals surface area contributed by atoms with Crippen LogP contribution in [0.2, 0.25) is 0 Å². The molecule has 4 N–H and O–H groups in total. The molecule has 5 aromatic carbocycles. The molecule has 3 unspecified atom stereocenters. The van der Waals surface area contributed by atoms with E-state index in [0.717, 1.165) is 56.0 Å². The van der Waals surface area contributed by atoms with Gasteiger partial charge in [-0.25, -0.2) is 10.5 Å². The maximum absolute atomic E-state index is 12.4. The molecular weight excluding hydrogens is 727 g/mol. The minimum Gasteiger partial charge on any atom is -0.431 e. The standard InChI is InChI=1S/C45H43N3O7S/c49-28-30-20-22-32(23-21-30)39-26-38(29-56-45-47-42(33-11-3-1-4-12-33)43(55-45)34-13-5-2-6-14-34)53-44(54-39)37-17-8-16-36(25-37)35-15-7-10-31(24-35)27-46-40(50)18-9-19-41(51)48-52/h1-8,10-17,20-25,38-39,44,49,52H,9,18-19,26-29H2,(H,46,50)(H,48,51). The number of thioether (sulfide) groups is 1. The summed E-state index contributed by atoms with van der Waals surface area (Å²) >= 11 is 1.52. The maximum Gasteiger partial charge on any atom is 0.256 e. The Hall–Kier alpha value is -5.56. The topological polar surface area (TPSA) is 143 Å². The summed E-state index contributed by atoms with van der Waals surface area (Å²) in [5.41, 5.74) is 9.89. The van der Waals surface area contributed by atoms with Crippen LogP contribution in [0.15, 0.2) is 143 Å². The molecule has 2 heterocycles. The Morgan fingerprint density at radius 3 is 2.12 bits per heavy atom. The number of oxazole rings is 1. The first-order valence-electron chi connectivity index (χ1n) is 18.6. The van der Waals surface area contributed by atoms with E-state index in [4.69, 9.17) is 24.1 Å². The van der Waals surface area contributed by atoms with Crippen LogP contribution in [0.3, 0.4) is 0 Å². The van der Waals surface area contributed by atoms with Crippen LogP contribution in [0, 0.1) is 0 Å². The average molecular weight is 770 g/mol. The number of hydroxylamine groups is 1. The van der Waals surface area contributed by atoms with Crippen molar-refractivity contribution in [1.82, 2.24) is 15.8 Å². The SMILES string of the molecule is O=C(CCCC(=O)NCc1cccc(-c2cccc(C3OC(CSc4nc(-c5ccccc5)c(-c5ccccc5)o4)CC(c4ccc(CO)cc4)O3)c2)c1)NO. The van der Waals surface area contributed by atoms with Crippen LogP contribution in [-0.4, -0.2) is 39.0 Å². The highest BCUT2D eigenvalue weighted by Crippen LogP contribution is 2.41. The van der Waals surface area contributed by atoms with Gasteiger partial charge in [0, 0.05) is 48.3 Å². The van der Waals surface area contributed by atoms with Gasteiger partial charge in [-0.05, 0) is 46.4 Å². The number of hydrogen-bond acceptors (Lipinski definition) is 9. The third-order valence-corrected chi connectivity index (χ3v) is 10.5. The molecule has 0 aliphatic carbocycles. The van der Waals surface area contributed by atoms with E-state index in [1.807, 2.05) is 127 Å². The minimum atomic E-state index is -0.656. The lowest BCUT2D eigenvalue weighted by Gasteiger charge is -2.36. The molecule has 0 spiro atoms. The number of rotatable bonds is 15. The van der Waals surface area contributed by atoms with Gasteiger partial charge in [0.05, 0.1) is 18.8 Å². The van der Waals surface area contributed by atoms with Gasteiger partial charge in [0.15, 0.2) is 12.1 Å². The van der Waals surface area contributed by atoms with E-state index in [9.17, 15) is 14.7 Å². The number of carbonyl (C=O) groups is 2. The molecule has 0 saturated carbocycles. The summed E-state index contributed by atoms with van der Waals surface area (Å²) < 4.78 is 19.8. The zero-order chi connectivity index (χ0) is 38.7. The quantitative estimate of drug-likeness (QED) is 0.0458. The summed E-state index contributed by atoms with van der Waals surface area (Å²) in [4.78, 5) is 28.5. The molecule has 0 radical (unpaired) electrons. The van der Waals surface area contributed by atoms with Gasteiger partial charge in [-0.2, -0.15) is 0 Å². The predicted octanol–water partition coefficient (Wildman–Crippen LogP) is 8.80. The van der Waals surface area contributed by atoms with Crippen LogP contribution in [0.4, 0.5) is 0 Å². The van der Waals surface area contributed by atoms with Crippen LogP contribution in [0.25, 0.3) is 33.7 Å². The fourth-order valence-corrected chi connectivity index (χ4v) is 7.45. The van der Waals surface area contributed by atoms with E-state index in [2.05, 4.69) is 11.4 Å². The van der Waals surface area contributed by atoms with E-state index >= 15 is 0 Å². The van der Waals surface area contributed by atoms with Gasteiger partial charge >= 0.3 is 0 Å². The molecule has 56 heavy (non-hydrogen) atoms. The van der Waals surface area contributed by atoms with Crippen LogP contribution < -0.4 is 10.8 Å². The fraction of sp³-hybridized carbons (Fsp3) is 0.222. The molecule has 1 aliphatic heterocycles. The van der Waals surface area contributed by atoms with E-state index in [0.29, 0.717) is 30.4 Å². The summed E-state index contributed by atoms with van der Waals surface area (Å²) in [6.45, 7) is 0.308. The van der Waals surface area contributed by atoms with Gasteiger partial charge in [0.2, 0.25) is 11.8 Å². The van der Waals surface area contributed by atoms with Gasteiger partial charge in [0.25, 0.3) is 5.22 Å². The first-order chi connectivity index (χ1) is 27.4. The number of benzene rings is 5. The van der Waals surface area contributed by atoms with Gasteiger partial charge in [0.1, 0.15) is 5.69 Å². The number of nitrogens with zero attached hydrogens (tertiary/aromatic N) is 1. The Balaban J connectivity index is 1.09. The Kier molecular flexibility index (Phi) is 13.0. The maximum atomic E-state index is 12.4. The molecule has 0 bridgehead atoms. The highest BCUT2D eigenvalue weighted by Gasteiger charge is 2.33. The first kappa shape index (κ1) is 38.7. The van der Waals surface area contributed by atoms with Crippen molar-refractivity contribution in [3.05, 3.63) is 156 Å². The van der Waals surface area contributed by atoms with Crippen molar-refractivity contribution < 1.29 is 33.8 Å². The lowest BCUT2D eigenvalue weighted by molar-refractivity contribution is -0.245. The summed E-state index contributed by atoms with van der Waals surface area (Å²) in [6.07, 6.45) is 0.0944. The Bertz CT molecular complexity index is 2160. The predicted molar refractivity (Wildman–Crippen MR) is 214 cm³/mol. The summed E-state index contributed by atoms with van der Waals surface area (Å²) in [7, 11) is 0. The summed E-state index contributed by atoms with van der Waals surface area (Å²) in [5.74, 6) is 0.620. The largest absolute Gasteiger partial charge is 0.431 e. The number of aliphatic hydroxyl groups is 1. The molecule has 286 valence electrons. The number of ether oxygens (including phenoxy) is 2. The molecule has 1 fully saturated rings. The van der Waals surface area contributed by atoms with Crippen LogP contribution in [0.1, 0.15) is 60.3 Å². The second-order valence-electron chi connectivity index (χ2n) is 13.5. The molecule has 1 aliphatic rings. The number of aliphatic hydroxyl groups excluding tert-OH is 1. The fourth-order valence-electron chi connectivity index (χ4n) is 6.61. The molecule has 1 aromatic heterocycles. The monoisotopic (exact) mass is 769 g/mol. The summed E-state index contributed by atoms with van der Waals surface area (Å²) in [6, 6.07) is 44.0. The average Bonchev–Trinajstić information content (AvgIpc) is 3.70. The zero-order valence-corrected chi connectivity index (χ0v) is 31.5. The lowest BCUT2D eigenvalue weighted by atomic mass is 9.99. The van der Waals surface area contributed by atoms with Gasteiger partial charge in [-0.1, -0.05) is 133 Å². The number of carbonyl (C=O) groups excluding carboxylic acids is 2. The van der Waals surface area contributed by atoms with Crippen molar-refractivity contribution >= 4 is 23.6 Å². The molecule has 10 nitrogen and oxygen atoms in total. The van der Waals surface area contributed by atoms with Gasteiger partial charge < -0.3 is 24.3 Å². The Morgan fingerprint density at radius 2 is 1.39 bits per heavy atom. The highest BCUT2D eigenvalue weighted by atomic mass is 32.2. The van der Waals surface area contributed by atoms with Crippen LogP contribution in [-0.2, 0) is 32.2 Å². The van der Waals surface area contributed by atoms with E-state index in [1.165, 1.54) is 11.8 Å². The third-order valence-electron chi connectivity index (χ3n) is 9.54. The Morgan fingerprint density at radius 1 is 0.714 bits per heavy atom. The number of aromatic nitrogens is 1. The lowest BCUT2D eigenvalue weighted by Crippen LogP contribution is -2.31. The molecule has 7 rings (SSSR count). The van der Waals surface area contributed by atoms with E-state index < -0.39 is 12.2 Å². The van der Waals surface area contributed by atoms with Gasteiger partial charge in [-0.15, -0.1) is 0 Å². The van der Waals surface area contributed by atoms with Crippen molar-refractivity contribution in [3.63, 3.8) is 0 Å². The second kappa shape index (κ2) is 18.9. The normalized spacial score (nSPS) is 16.6. The van der Waals surface area contributed by atoms with Crippen molar-refractivity contribution in [2.75, 3.05) is 5.75 Å². The van der Waals surface area contributed by atoms with Crippen molar-refractivity contribution in [2.24, 2.45) is 0 Å². The second-order valence-corrected chi connectivity index (χ2v) is 14.5. The zero-order valence-electron chi connectivity index (χ0n) is 30.7.